The number of aliphatic hydroxyl groups is 1. The monoisotopic (exact) mass is 397 g/mol. The Kier molecular flexibility index (Phi) is 4.52. The predicted molar refractivity (Wildman–Crippen MR) is 117 cm³/mol. The van der Waals surface area contributed by atoms with Gasteiger partial charge in [0, 0.05) is 5.41 Å². The molecule has 0 heterocycles. The van der Waals surface area contributed by atoms with E-state index in [1.165, 1.54) is 5.57 Å². The van der Waals surface area contributed by atoms with E-state index in [9.17, 15) is 5.11 Å². The van der Waals surface area contributed by atoms with Crippen LogP contribution in [0.2, 0.25) is 19.6 Å². The van der Waals surface area contributed by atoms with E-state index in [1.807, 2.05) is 0 Å². The van der Waals surface area contributed by atoms with Crippen LogP contribution in [0.25, 0.3) is 0 Å². The summed E-state index contributed by atoms with van der Waals surface area (Å²) in [6.07, 6.45) is 18.9. The van der Waals surface area contributed by atoms with E-state index in [0.717, 1.165) is 44.2 Å². The molecule has 2 fully saturated rings. The van der Waals surface area contributed by atoms with Crippen LogP contribution in [0, 0.1) is 40.9 Å². The van der Waals surface area contributed by atoms with Crippen molar-refractivity contribution in [3.05, 3.63) is 23.8 Å². The third-order valence-electron chi connectivity index (χ3n) is 8.36. The molecule has 152 valence electrons. The number of hydrogen-bond acceptors (Lipinski definition) is 3. The predicted octanol–water partition coefficient (Wildman–Crippen LogP) is 5.30. The molecule has 0 aromatic heterocycles. The molecule has 4 aliphatic carbocycles. The third kappa shape index (κ3) is 2.85. The normalized spacial score (nSPS) is 46.2. The van der Waals surface area contributed by atoms with E-state index in [2.05, 4.69) is 62.8 Å². The van der Waals surface area contributed by atoms with E-state index in [1.54, 1.807) is 0 Å². The summed E-state index contributed by atoms with van der Waals surface area (Å²) in [6, 6.07) is 0. The summed E-state index contributed by atoms with van der Waals surface area (Å²) in [5.41, 5.74) is 1.59. The fourth-order valence-electron chi connectivity index (χ4n) is 6.53. The van der Waals surface area contributed by atoms with Gasteiger partial charge in [-0.25, -0.2) is 0 Å². The van der Waals surface area contributed by atoms with Gasteiger partial charge in [0.2, 0.25) is 0 Å². The van der Waals surface area contributed by atoms with Crippen LogP contribution in [-0.4, -0.2) is 24.7 Å². The average Bonchev–Trinajstić information content (AvgIpc) is 2.91. The lowest BCUT2D eigenvalue weighted by atomic mass is 9.48. The summed E-state index contributed by atoms with van der Waals surface area (Å²) in [5, 5.41) is 15.6. The molecule has 1 N–H and O–H groups in total. The molecule has 0 bridgehead atoms. The minimum atomic E-state index is -1.65. The average molecular weight is 398 g/mol. The molecule has 0 unspecified atom stereocenters. The fraction of sp³-hybridized carbons (Fsp3) is 0.708. The second-order valence-corrected chi connectivity index (χ2v) is 15.4. The lowest BCUT2D eigenvalue weighted by Gasteiger charge is -2.56. The van der Waals surface area contributed by atoms with Gasteiger partial charge in [-0.15, -0.1) is 11.6 Å². The molecule has 4 aliphatic rings. The fourth-order valence-corrected chi connectivity index (χ4v) is 6.92. The molecule has 0 aromatic rings. The molecule has 4 heteroatoms. The first-order valence-corrected chi connectivity index (χ1v) is 14.3. The van der Waals surface area contributed by atoms with E-state index >= 15 is 0 Å². The number of oxime groups is 1. The van der Waals surface area contributed by atoms with E-state index < -0.39 is 13.9 Å². The van der Waals surface area contributed by atoms with Crippen molar-refractivity contribution in [2.75, 3.05) is 0 Å². The highest BCUT2D eigenvalue weighted by Crippen LogP contribution is 2.66. The Balaban J connectivity index is 1.65. The lowest BCUT2D eigenvalue weighted by molar-refractivity contribution is -0.0799. The Morgan fingerprint density at radius 1 is 1.18 bits per heavy atom. The van der Waals surface area contributed by atoms with Gasteiger partial charge in [-0.3, -0.25) is 0 Å². The standard InChI is InChI=1S/C24H35NO2Si/c1-7-24(26)15-12-21-19-9-8-17-16-18(25-27-28(4,5)6)10-13-22(17,2)20(19)11-14-23(21,24)3/h1,8-9,16,19-21,26H,10-15H2,2-6H3/b25-18+/t19-,20+,21+,22+,23+,24+/m1/s1. The number of terminal acetylenes is 1. The summed E-state index contributed by atoms with van der Waals surface area (Å²) in [5.74, 6) is 4.39. The molecule has 0 radical (unpaired) electrons. The number of fused-ring (bicyclic) bond motifs is 5. The molecule has 0 spiro atoms. The van der Waals surface area contributed by atoms with Crippen molar-refractivity contribution in [1.82, 2.24) is 0 Å². The van der Waals surface area contributed by atoms with Crippen LogP contribution in [0.5, 0.6) is 0 Å². The van der Waals surface area contributed by atoms with Crippen molar-refractivity contribution in [3.8, 4) is 12.3 Å². The summed E-state index contributed by atoms with van der Waals surface area (Å²) in [6.45, 7) is 11.2. The van der Waals surface area contributed by atoms with Gasteiger partial charge in [-0.1, -0.05) is 31.9 Å². The van der Waals surface area contributed by atoms with Crippen molar-refractivity contribution < 1.29 is 9.63 Å². The van der Waals surface area contributed by atoms with Gasteiger partial charge >= 0.3 is 0 Å². The van der Waals surface area contributed by atoms with E-state index in [4.69, 9.17) is 11.0 Å². The highest BCUT2D eigenvalue weighted by Gasteiger charge is 2.62. The Morgan fingerprint density at radius 2 is 1.89 bits per heavy atom. The van der Waals surface area contributed by atoms with Crippen molar-refractivity contribution in [1.29, 1.82) is 0 Å². The Labute approximate surface area is 171 Å². The van der Waals surface area contributed by atoms with Gasteiger partial charge in [-0.2, -0.15) is 0 Å². The zero-order valence-electron chi connectivity index (χ0n) is 18.1. The Bertz CT molecular complexity index is 800. The molecule has 3 nitrogen and oxygen atoms in total. The summed E-state index contributed by atoms with van der Waals surface area (Å²) in [7, 11) is -1.65. The number of nitrogens with zero attached hydrogens (tertiary/aromatic N) is 1. The molecule has 28 heavy (non-hydrogen) atoms. The lowest BCUT2D eigenvalue weighted by Crippen LogP contribution is -2.53. The molecule has 0 saturated heterocycles. The second kappa shape index (κ2) is 6.34. The van der Waals surface area contributed by atoms with Crippen molar-refractivity contribution >= 4 is 14.0 Å². The maximum absolute atomic E-state index is 11.1. The smallest absolute Gasteiger partial charge is 0.278 e. The van der Waals surface area contributed by atoms with Gasteiger partial charge in [0.05, 0.1) is 5.71 Å². The second-order valence-electron chi connectivity index (χ2n) is 11.0. The van der Waals surface area contributed by atoms with Crippen LogP contribution in [0.1, 0.15) is 52.4 Å². The highest BCUT2D eigenvalue weighted by molar-refractivity contribution is 6.69. The van der Waals surface area contributed by atoms with Crippen molar-refractivity contribution in [2.45, 2.75) is 77.6 Å². The van der Waals surface area contributed by atoms with Crippen LogP contribution in [0.3, 0.4) is 0 Å². The van der Waals surface area contributed by atoms with Crippen LogP contribution in [0.4, 0.5) is 0 Å². The number of allylic oxidation sites excluding steroid dienone is 4. The third-order valence-corrected chi connectivity index (χ3v) is 9.00. The molecule has 6 atom stereocenters. The van der Waals surface area contributed by atoms with Gasteiger partial charge < -0.3 is 9.63 Å². The first kappa shape index (κ1) is 20.0. The maximum atomic E-state index is 11.1. The van der Waals surface area contributed by atoms with E-state index in [-0.39, 0.29) is 10.8 Å². The number of rotatable bonds is 2. The van der Waals surface area contributed by atoms with Crippen molar-refractivity contribution in [3.63, 3.8) is 0 Å². The maximum Gasteiger partial charge on any atom is 0.278 e. The van der Waals surface area contributed by atoms with E-state index in [0.29, 0.717) is 17.8 Å². The topological polar surface area (TPSA) is 41.8 Å². The first-order chi connectivity index (χ1) is 13.0. The Morgan fingerprint density at radius 3 is 2.57 bits per heavy atom. The number of hydrogen-bond donors (Lipinski definition) is 1. The summed E-state index contributed by atoms with van der Waals surface area (Å²) < 4.78 is 5.80. The van der Waals surface area contributed by atoms with Crippen molar-refractivity contribution in [2.24, 2.45) is 33.7 Å². The summed E-state index contributed by atoms with van der Waals surface area (Å²) in [4.78, 5) is 0. The van der Waals surface area contributed by atoms with Gasteiger partial charge in [0.1, 0.15) is 5.60 Å². The molecule has 0 aliphatic heterocycles. The molecular weight excluding hydrogens is 362 g/mol. The van der Waals surface area contributed by atoms with Crippen LogP contribution >= 0.6 is 0 Å². The van der Waals surface area contributed by atoms with Gasteiger partial charge in [0.15, 0.2) is 0 Å². The highest BCUT2D eigenvalue weighted by atomic mass is 28.4. The zero-order chi connectivity index (χ0) is 20.4. The molecular formula is C24H35NO2Si. The quantitative estimate of drug-likeness (QED) is 0.390. The van der Waals surface area contributed by atoms with Crippen LogP contribution in [0.15, 0.2) is 29.0 Å². The first-order valence-electron chi connectivity index (χ1n) is 10.9. The SMILES string of the molecule is C#C[C@]1(O)CC[C@H]2[C@@H]3C=CC4=C/C(=N/O[Si](C)(C)C)CC[C@]4(C)[C@H]3CC[C@@]21C. The summed E-state index contributed by atoms with van der Waals surface area (Å²) >= 11 is 0. The Hall–Kier alpha value is -1.31. The van der Waals surface area contributed by atoms with Gasteiger partial charge in [-0.05, 0) is 93.0 Å². The molecule has 0 amide bonds. The van der Waals surface area contributed by atoms with Crippen LogP contribution < -0.4 is 0 Å². The largest absolute Gasteiger partial charge is 0.455 e. The minimum Gasteiger partial charge on any atom is -0.455 e. The minimum absolute atomic E-state index is 0.155. The molecule has 2 saturated carbocycles. The molecule has 4 rings (SSSR count). The molecule has 0 aromatic carbocycles. The zero-order valence-corrected chi connectivity index (χ0v) is 19.1. The van der Waals surface area contributed by atoms with Crippen LogP contribution in [-0.2, 0) is 4.53 Å². The van der Waals surface area contributed by atoms with Gasteiger partial charge in [0.25, 0.3) is 8.32 Å².